The molecular formula is C18H8Cl2N2O5S. The second-order valence-electron chi connectivity index (χ2n) is 5.75. The van der Waals surface area contributed by atoms with E-state index in [2.05, 4.69) is 4.98 Å². The quantitative estimate of drug-likeness (QED) is 0.259. The molecule has 0 unspecified atom stereocenters. The fraction of sp³-hybridized carbons (Fsp3) is 0. The van der Waals surface area contributed by atoms with Crippen LogP contribution in [0.2, 0.25) is 10.0 Å². The van der Waals surface area contributed by atoms with Crippen molar-refractivity contribution < 1.29 is 14.4 Å². The highest BCUT2D eigenvalue weighted by Gasteiger charge is 2.18. The molecule has 0 fully saturated rings. The van der Waals surface area contributed by atoms with Crippen LogP contribution < -0.4 is 5.63 Å². The molecule has 0 aliphatic carbocycles. The standard InChI is InChI=1S/C18H8Cl2N2O5S/c19-11-2-1-8(4-12(11)20)17-21-13(7-28-17)10-3-9-5-14(22(25)26)15(23)6-16(9)27-18(10)24/h1-7,23H. The summed E-state index contributed by atoms with van der Waals surface area (Å²) < 4.78 is 5.20. The highest BCUT2D eigenvalue weighted by molar-refractivity contribution is 7.13. The van der Waals surface area contributed by atoms with Crippen molar-refractivity contribution in [1.82, 2.24) is 4.98 Å². The van der Waals surface area contributed by atoms with Crippen LogP contribution in [-0.2, 0) is 0 Å². The molecule has 0 amide bonds. The molecule has 7 nitrogen and oxygen atoms in total. The number of hydrogen-bond donors (Lipinski definition) is 1. The van der Waals surface area contributed by atoms with E-state index < -0.39 is 22.0 Å². The maximum absolute atomic E-state index is 12.4. The van der Waals surface area contributed by atoms with E-state index in [1.807, 2.05) is 0 Å². The molecule has 4 rings (SSSR count). The maximum Gasteiger partial charge on any atom is 0.345 e. The first-order valence-corrected chi connectivity index (χ1v) is 9.33. The fourth-order valence-corrected chi connectivity index (χ4v) is 3.74. The van der Waals surface area contributed by atoms with Crippen LogP contribution in [0.5, 0.6) is 5.75 Å². The van der Waals surface area contributed by atoms with Crippen molar-refractivity contribution in [2.75, 3.05) is 0 Å². The van der Waals surface area contributed by atoms with Gasteiger partial charge in [0.15, 0.2) is 5.75 Å². The van der Waals surface area contributed by atoms with Gasteiger partial charge in [0.25, 0.3) is 0 Å². The van der Waals surface area contributed by atoms with E-state index in [9.17, 15) is 20.0 Å². The van der Waals surface area contributed by atoms with Crippen LogP contribution in [0.15, 0.2) is 51.0 Å². The van der Waals surface area contributed by atoms with Gasteiger partial charge in [-0.3, -0.25) is 10.1 Å². The minimum atomic E-state index is -0.717. The molecule has 0 aliphatic rings. The van der Waals surface area contributed by atoms with Gasteiger partial charge in [-0.25, -0.2) is 9.78 Å². The number of fused-ring (bicyclic) bond motifs is 1. The van der Waals surface area contributed by atoms with Crippen molar-refractivity contribution in [3.63, 3.8) is 0 Å². The Hall–Kier alpha value is -2.94. The summed E-state index contributed by atoms with van der Waals surface area (Å²) in [5.74, 6) is -0.580. The van der Waals surface area contributed by atoms with Crippen LogP contribution in [0.25, 0.3) is 32.8 Å². The van der Waals surface area contributed by atoms with Crippen LogP contribution in [-0.4, -0.2) is 15.0 Å². The smallest absolute Gasteiger partial charge is 0.345 e. The van der Waals surface area contributed by atoms with Gasteiger partial charge < -0.3 is 9.52 Å². The van der Waals surface area contributed by atoms with Gasteiger partial charge in [-0.1, -0.05) is 29.3 Å². The molecule has 0 saturated heterocycles. The second-order valence-corrected chi connectivity index (χ2v) is 7.42. The summed E-state index contributed by atoms with van der Waals surface area (Å²) in [6, 6.07) is 8.70. The van der Waals surface area contributed by atoms with Crippen LogP contribution in [0.1, 0.15) is 0 Å². The second kappa shape index (κ2) is 6.90. The van der Waals surface area contributed by atoms with Crippen molar-refractivity contribution in [1.29, 1.82) is 0 Å². The van der Waals surface area contributed by atoms with Crippen molar-refractivity contribution in [2.24, 2.45) is 0 Å². The van der Waals surface area contributed by atoms with E-state index in [-0.39, 0.29) is 11.1 Å². The Morgan fingerprint density at radius 3 is 2.64 bits per heavy atom. The Morgan fingerprint density at radius 1 is 1.14 bits per heavy atom. The molecule has 0 aliphatic heterocycles. The molecule has 1 N–H and O–H groups in total. The first-order chi connectivity index (χ1) is 13.3. The summed E-state index contributed by atoms with van der Waals surface area (Å²) in [6.07, 6.45) is 0. The van der Waals surface area contributed by atoms with Gasteiger partial charge in [-0.15, -0.1) is 11.3 Å². The lowest BCUT2D eigenvalue weighted by Crippen LogP contribution is -2.03. The molecule has 0 atom stereocenters. The fourth-order valence-electron chi connectivity index (χ4n) is 2.63. The number of nitro groups is 1. The maximum atomic E-state index is 12.4. The van der Waals surface area contributed by atoms with Gasteiger partial charge >= 0.3 is 11.3 Å². The molecule has 2 heterocycles. The largest absolute Gasteiger partial charge is 0.502 e. The van der Waals surface area contributed by atoms with Crippen LogP contribution >= 0.6 is 34.5 Å². The van der Waals surface area contributed by atoms with Crippen molar-refractivity contribution >= 4 is 51.2 Å². The average molecular weight is 435 g/mol. The van der Waals surface area contributed by atoms with Crippen LogP contribution in [0.3, 0.4) is 0 Å². The number of hydrogen-bond acceptors (Lipinski definition) is 7. The zero-order valence-electron chi connectivity index (χ0n) is 13.7. The molecule has 0 bridgehead atoms. The average Bonchev–Trinajstić information content (AvgIpc) is 3.12. The third kappa shape index (κ3) is 3.22. The first kappa shape index (κ1) is 18.4. The van der Waals surface area contributed by atoms with Gasteiger partial charge in [-0.05, 0) is 18.2 Å². The van der Waals surface area contributed by atoms with Crippen molar-refractivity contribution in [3.05, 3.63) is 72.4 Å². The SMILES string of the molecule is O=c1oc2cc(O)c([N+](=O)[O-])cc2cc1-c1csc(-c2ccc(Cl)c(Cl)c2)n1. The highest BCUT2D eigenvalue weighted by Crippen LogP contribution is 2.34. The normalized spacial score (nSPS) is 11.1. The van der Waals surface area contributed by atoms with Crippen molar-refractivity contribution in [3.8, 4) is 27.6 Å². The predicted octanol–water partition coefficient (Wildman–Crippen LogP) is 5.50. The number of aromatic hydroxyl groups is 1. The lowest BCUT2D eigenvalue weighted by molar-refractivity contribution is -0.385. The summed E-state index contributed by atoms with van der Waals surface area (Å²) in [6.45, 7) is 0. The monoisotopic (exact) mass is 434 g/mol. The Bertz CT molecular complexity index is 1320. The minimum Gasteiger partial charge on any atom is -0.502 e. The van der Waals surface area contributed by atoms with E-state index >= 15 is 0 Å². The topological polar surface area (TPSA) is 106 Å². The summed E-state index contributed by atoms with van der Waals surface area (Å²) in [5.41, 5.74) is 0.120. The first-order valence-electron chi connectivity index (χ1n) is 7.70. The highest BCUT2D eigenvalue weighted by atomic mass is 35.5. The van der Waals surface area contributed by atoms with E-state index in [0.29, 0.717) is 26.1 Å². The van der Waals surface area contributed by atoms with Gasteiger partial charge in [0, 0.05) is 28.5 Å². The lowest BCUT2D eigenvalue weighted by Gasteiger charge is -2.02. The number of nitrogens with zero attached hydrogens (tertiary/aromatic N) is 2. The number of nitro benzene ring substituents is 1. The zero-order chi connectivity index (χ0) is 20.0. The molecule has 4 aromatic rings. The third-order valence-corrected chi connectivity index (χ3v) is 5.60. The van der Waals surface area contributed by atoms with E-state index in [1.165, 1.54) is 17.4 Å². The molecular weight excluding hydrogens is 427 g/mol. The number of aromatic nitrogens is 1. The van der Waals surface area contributed by atoms with Gasteiger partial charge in [0.1, 0.15) is 10.6 Å². The number of thiazole rings is 1. The molecule has 2 aromatic carbocycles. The Morgan fingerprint density at radius 2 is 1.93 bits per heavy atom. The molecule has 10 heteroatoms. The Kier molecular flexibility index (Phi) is 4.54. The molecule has 0 radical (unpaired) electrons. The summed E-state index contributed by atoms with van der Waals surface area (Å²) >= 11 is 13.3. The number of phenols is 1. The Labute approximate surface area is 170 Å². The van der Waals surface area contributed by atoms with Gasteiger partial charge in [-0.2, -0.15) is 0 Å². The number of halogens is 2. The van der Waals surface area contributed by atoms with Gasteiger partial charge in [0.05, 0.1) is 26.2 Å². The summed E-state index contributed by atoms with van der Waals surface area (Å²) in [4.78, 5) is 27.1. The number of benzene rings is 2. The summed E-state index contributed by atoms with van der Waals surface area (Å²) in [7, 11) is 0. The van der Waals surface area contributed by atoms with Crippen LogP contribution in [0.4, 0.5) is 5.69 Å². The summed E-state index contributed by atoms with van der Waals surface area (Å²) in [5, 5.41) is 24.1. The molecule has 2 aromatic heterocycles. The van der Waals surface area contributed by atoms with E-state index in [1.54, 1.807) is 23.6 Å². The predicted molar refractivity (Wildman–Crippen MR) is 107 cm³/mol. The van der Waals surface area contributed by atoms with Crippen molar-refractivity contribution in [2.45, 2.75) is 0 Å². The van der Waals surface area contributed by atoms with Gasteiger partial charge in [0.2, 0.25) is 0 Å². The number of rotatable bonds is 3. The third-order valence-electron chi connectivity index (χ3n) is 3.97. The number of phenolic OH excluding ortho intramolecular Hbond substituents is 1. The lowest BCUT2D eigenvalue weighted by atomic mass is 10.1. The Balaban J connectivity index is 1.83. The molecule has 28 heavy (non-hydrogen) atoms. The molecule has 0 spiro atoms. The molecule has 140 valence electrons. The van der Waals surface area contributed by atoms with Crippen LogP contribution in [0, 0.1) is 10.1 Å². The van der Waals surface area contributed by atoms with E-state index in [4.69, 9.17) is 27.6 Å². The van der Waals surface area contributed by atoms with E-state index in [0.717, 1.165) is 17.7 Å². The molecule has 0 saturated carbocycles. The zero-order valence-corrected chi connectivity index (χ0v) is 16.0. The minimum absolute atomic E-state index is 0.0387.